The quantitative estimate of drug-likeness (QED) is 0.851. The second kappa shape index (κ2) is 6.37. The van der Waals surface area contributed by atoms with Gasteiger partial charge in [-0.2, -0.15) is 0 Å². The highest BCUT2D eigenvalue weighted by Crippen LogP contribution is 2.15. The Balaban J connectivity index is 2.12. The number of hydrogen-bond acceptors (Lipinski definition) is 2. The van der Waals surface area contributed by atoms with Crippen LogP contribution in [-0.2, 0) is 22.3 Å². The summed E-state index contributed by atoms with van der Waals surface area (Å²) in [5.74, 6) is -0.827. The Morgan fingerprint density at radius 1 is 1.05 bits per heavy atom. The van der Waals surface area contributed by atoms with Gasteiger partial charge in [0, 0.05) is 19.2 Å². The fourth-order valence-corrected chi connectivity index (χ4v) is 3.16. The topological polar surface area (TPSA) is 37.4 Å². The Hall–Kier alpha value is -1.72. The third kappa shape index (κ3) is 4.12. The molecule has 0 spiro atoms. The summed E-state index contributed by atoms with van der Waals surface area (Å²) in [4.78, 5) is 0. The third-order valence-corrected chi connectivity index (χ3v) is 5.05. The van der Waals surface area contributed by atoms with E-state index in [0.29, 0.717) is 0 Å². The molecule has 21 heavy (non-hydrogen) atoms. The van der Waals surface area contributed by atoms with Crippen LogP contribution in [0, 0.1) is 12.7 Å². The number of rotatable bonds is 5. The van der Waals surface area contributed by atoms with Crippen LogP contribution < -0.4 is 0 Å². The highest BCUT2D eigenvalue weighted by molar-refractivity contribution is 7.88. The minimum absolute atomic E-state index is 0.188. The van der Waals surface area contributed by atoms with Crippen molar-refractivity contribution in [1.29, 1.82) is 0 Å². The van der Waals surface area contributed by atoms with Gasteiger partial charge in [0.05, 0.1) is 5.75 Å². The van der Waals surface area contributed by atoms with Crippen molar-refractivity contribution in [3.8, 4) is 0 Å². The predicted octanol–water partition coefficient (Wildman–Crippen LogP) is 3.10. The zero-order valence-corrected chi connectivity index (χ0v) is 12.9. The van der Waals surface area contributed by atoms with Crippen LogP contribution in [0.15, 0.2) is 48.5 Å². The zero-order chi connectivity index (χ0) is 15.5. The molecular formula is C16H18FNO2S. The Labute approximate surface area is 125 Å². The van der Waals surface area contributed by atoms with Crippen LogP contribution in [-0.4, -0.2) is 19.8 Å². The first-order valence-corrected chi connectivity index (χ1v) is 8.22. The lowest BCUT2D eigenvalue weighted by molar-refractivity contribution is 0.464. The van der Waals surface area contributed by atoms with Crippen LogP contribution in [0.4, 0.5) is 4.39 Å². The second-order valence-corrected chi connectivity index (χ2v) is 7.17. The number of benzene rings is 2. The van der Waals surface area contributed by atoms with E-state index in [2.05, 4.69) is 0 Å². The van der Waals surface area contributed by atoms with E-state index in [-0.39, 0.29) is 17.9 Å². The SMILES string of the molecule is Cc1ccc(CN(C)S(=O)(=O)Cc2ccccc2F)cc1. The molecule has 0 radical (unpaired) electrons. The molecule has 0 bridgehead atoms. The maximum atomic E-state index is 13.6. The molecule has 0 atom stereocenters. The standard InChI is InChI=1S/C16H18FNO2S/c1-13-7-9-14(10-8-13)11-18(2)21(19,20)12-15-5-3-4-6-16(15)17/h3-10H,11-12H2,1-2H3. The first kappa shape index (κ1) is 15.7. The largest absolute Gasteiger partial charge is 0.218 e. The van der Waals surface area contributed by atoms with Gasteiger partial charge >= 0.3 is 0 Å². The van der Waals surface area contributed by atoms with Gasteiger partial charge in [0.1, 0.15) is 5.82 Å². The molecule has 2 aromatic carbocycles. The lowest BCUT2D eigenvalue weighted by atomic mass is 10.1. The van der Waals surface area contributed by atoms with Gasteiger partial charge in [-0.05, 0) is 18.6 Å². The van der Waals surface area contributed by atoms with Gasteiger partial charge in [-0.25, -0.2) is 17.1 Å². The van der Waals surface area contributed by atoms with Gasteiger partial charge in [0.2, 0.25) is 10.0 Å². The fraction of sp³-hybridized carbons (Fsp3) is 0.250. The van der Waals surface area contributed by atoms with Gasteiger partial charge in [-0.15, -0.1) is 0 Å². The van der Waals surface area contributed by atoms with Crippen LogP contribution in [0.5, 0.6) is 0 Å². The summed E-state index contributed by atoms with van der Waals surface area (Å²) in [5, 5.41) is 0. The van der Waals surface area contributed by atoms with Crippen molar-refractivity contribution in [2.75, 3.05) is 7.05 Å². The van der Waals surface area contributed by atoms with Crippen molar-refractivity contribution in [3.63, 3.8) is 0 Å². The summed E-state index contributed by atoms with van der Waals surface area (Å²) in [5.41, 5.74) is 2.21. The smallest absolute Gasteiger partial charge is 0.212 e. The molecule has 0 aliphatic heterocycles. The average molecular weight is 307 g/mol. The molecule has 112 valence electrons. The summed E-state index contributed by atoms with van der Waals surface area (Å²) < 4.78 is 39.4. The molecule has 0 saturated carbocycles. The molecule has 0 unspecified atom stereocenters. The Morgan fingerprint density at radius 3 is 2.29 bits per heavy atom. The maximum absolute atomic E-state index is 13.6. The van der Waals surface area contributed by atoms with Crippen molar-refractivity contribution in [2.24, 2.45) is 0 Å². The minimum Gasteiger partial charge on any atom is -0.212 e. The Kier molecular flexibility index (Phi) is 4.75. The molecule has 0 aliphatic carbocycles. The minimum atomic E-state index is -3.55. The van der Waals surface area contributed by atoms with E-state index < -0.39 is 15.8 Å². The van der Waals surface area contributed by atoms with Crippen LogP contribution >= 0.6 is 0 Å². The van der Waals surface area contributed by atoms with E-state index in [1.807, 2.05) is 31.2 Å². The molecule has 0 fully saturated rings. The molecule has 0 N–H and O–H groups in total. The first-order valence-electron chi connectivity index (χ1n) is 6.61. The number of nitrogens with zero attached hydrogens (tertiary/aromatic N) is 1. The lowest BCUT2D eigenvalue weighted by Crippen LogP contribution is -2.28. The predicted molar refractivity (Wildman–Crippen MR) is 81.7 cm³/mol. The maximum Gasteiger partial charge on any atom is 0.218 e. The highest BCUT2D eigenvalue weighted by atomic mass is 32.2. The van der Waals surface area contributed by atoms with Crippen molar-refractivity contribution < 1.29 is 12.8 Å². The van der Waals surface area contributed by atoms with Crippen LogP contribution in [0.3, 0.4) is 0 Å². The van der Waals surface area contributed by atoms with E-state index in [9.17, 15) is 12.8 Å². The van der Waals surface area contributed by atoms with E-state index in [1.54, 1.807) is 12.1 Å². The van der Waals surface area contributed by atoms with Gasteiger partial charge in [0.15, 0.2) is 0 Å². The van der Waals surface area contributed by atoms with Gasteiger partial charge < -0.3 is 0 Å². The Bertz CT molecular complexity index is 711. The molecule has 0 aliphatic rings. The summed E-state index contributed by atoms with van der Waals surface area (Å²) >= 11 is 0. The normalized spacial score (nSPS) is 11.8. The number of halogens is 1. The molecule has 2 rings (SSSR count). The van der Waals surface area contributed by atoms with Gasteiger partial charge in [-0.3, -0.25) is 0 Å². The summed E-state index contributed by atoms with van der Waals surface area (Å²) in [6.45, 7) is 2.25. The monoisotopic (exact) mass is 307 g/mol. The summed E-state index contributed by atoms with van der Waals surface area (Å²) in [6.07, 6.45) is 0. The molecular weight excluding hydrogens is 289 g/mol. The first-order chi connectivity index (χ1) is 9.88. The molecule has 2 aromatic rings. The van der Waals surface area contributed by atoms with E-state index >= 15 is 0 Å². The zero-order valence-electron chi connectivity index (χ0n) is 12.1. The number of hydrogen-bond donors (Lipinski definition) is 0. The van der Waals surface area contributed by atoms with Crippen molar-refractivity contribution in [2.45, 2.75) is 19.2 Å². The molecule has 0 amide bonds. The molecule has 5 heteroatoms. The van der Waals surface area contributed by atoms with E-state index in [4.69, 9.17) is 0 Å². The van der Waals surface area contributed by atoms with E-state index in [0.717, 1.165) is 11.1 Å². The van der Waals surface area contributed by atoms with Gasteiger partial charge in [-0.1, -0.05) is 48.0 Å². The summed E-state index contributed by atoms with van der Waals surface area (Å²) in [6, 6.07) is 13.6. The van der Waals surface area contributed by atoms with Crippen molar-refractivity contribution in [1.82, 2.24) is 4.31 Å². The van der Waals surface area contributed by atoms with Crippen LogP contribution in [0.2, 0.25) is 0 Å². The molecule has 3 nitrogen and oxygen atoms in total. The van der Waals surface area contributed by atoms with E-state index in [1.165, 1.54) is 23.5 Å². The molecule has 0 heterocycles. The van der Waals surface area contributed by atoms with Crippen LogP contribution in [0.25, 0.3) is 0 Å². The summed E-state index contributed by atoms with van der Waals surface area (Å²) in [7, 11) is -2.04. The lowest BCUT2D eigenvalue weighted by Gasteiger charge is -2.17. The average Bonchev–Trinajstić information content (AvgIpc) is 2.43. The Morgan fingerprint density at radius 2 is 1.67 bits per heavy atom. The number of sulfonamides is 1. The van der Waals surface area contributed by atoms with Crippen molar-refractivity contribution >= 4 is 10.0 Å². The number of aryl methyl sites for hydroxylation is 1. The second-order valence-electron chi connectivity index (χ2n) is 5.09. The highest BCUT2D eigenvalue weighted by Gasteiger charge is 2.20. The fourth-order valence-electron chi connectivity index (χ4n) is 1.97. The third-order valence-electron chi connectivity index (χ3n) is 3.30. The van der Waals surface area contributed by atoms with Crippen molar-refractivity contribution in [3.05, 3.63) is 71.0 Å². The molecule has 0 aromatic heterocycles. The molecule has 0 saturated heterocycles. The van der Waals surface area contributed by atoms with Gasteiger partial charge in [0.25, 0.3) is 0 Å². The van der Waals surface area contributed by atoms with Crippen LogP contribution in [0.1, 0.15) is 16.7 Å².